The Balaban J connectivity index is 1.41. The first kappa shape index (κ1) is 22.3. The van der Waals surface area contributed by atoms with Crippen molar-refractivity contribution in [3.8, 4) is 0 Å². The van der Waals surface area contributed by atoms with Crippen LogP contribution >= 0.6 is 0 Å². The van der Waals surface area contributed by atoms with E-state index in [1.165, 1.54) is 5.56 Å². The molecule has 162 valence electrons. The maximum absolute atomic E-state index is 12.4. The molecule has 2 aromatic rings. The number of sulfonamides is 1. The van der Waals surface area contributed by atoms with Gasteiger partial charge in [0, 0.05) is 52.9 Å². The molecule has 2 aromatic carbocycles. The van der Waals surface area contributed by atoms with Crippen LogP contribution < -0.4 is 10.0 Å². The first-order valence-electron chi connectivity index (χ1n) is 10.3. The van der Waals surface area contributed by atoms with Crippen LogP contribution in [0.1, 0.15) is 11.1 Å². The predicted octanol–water partition coefficient (Wildman–Crippen LogP) is 1.67. The molecule has 1 fully saturated rings. The quantitative estimate of drug-likeness (QED) is 0.398. The monoisotopic (exact) mass is 429 g/mol. The van der Waals surface area contributed by atoms with Crippen molar-refractivity contribution in [1.82, 2.24) is 19.8 Å². The van der Waals surface area contributed by atoms with E-state index in [0.29, 0.717) is 13.1 Å². The molecule has 7 nitrogen and oxygen atoms in total. The molecule has 1 heterocycles. The second kappa shape index (κ2) is 10.6. The highest BCUT2D eigenvalue weighted by molar-refractivity contribution is 7.89. The first-order valence-corrected chi connectivity index (χ1v) is 11.7. The number of aryl methyl sites for hydroxylation is 1. The summed E-state index contributed by atoms with van der Waals surface area (Å²) < 4.78 is 27.4. The third-order valence-electron chi connectivity index (χ3n) is 5.16. The number of aliphatic imine (C=N–C) groups is 1. The van der Waals surface area contributed by atoms with Crippen molar-refractivity contribution >= 4 is 16.0 Å². The summed E-state index contributed by atoms with van der Waals surface area (Å²) >= 11 is 0. The molecule has 0 amide bonds. The van der Waals surface area contributed by atoms with Gasteiger partial charge in [-0.15, -0.1) is 0 Å². The van der Waals surface area contributed by atoms with Crippen LogP contribution in [0.3, 0.4) is 0 Å². The second-order valence-electron chi connectivity index (χ2n) is 7.43. The molecule has 0 radical (unpaired) electrons. The van der Waals surface area contributed by atoms with E-state index in [9.17, 15) is 8.42 Å². The fraction of sp³-hybridized carbons (Fsp3) is 0.409. The van der Waals surface area contributed by atoms with Gasteiger partial charge in [-0.05, 0) is 24.6 Å². The summed E-state index contributed by atoms with van der Waals surface area (Å²) in [5.41, 5.74) is 2.36. The van der Waals surface area contributed by atoms with Gasteiger partial charge in [-0.2, -0.15) is 0 Å². The number of piperazine rings is 1. The summed E-state index contributed by atoms with van der Waals surface area (Å²) in [6.07, 6.45) is 0. The summed E-state index contributed by atoms with van der Waals surface area (Å²) in [6.45, 7) is 7.38. The SMILES string of the molecule is CN=C(NCCNS(=O)(=O)c1ccc(C)cc1)N1CCN(Cc2ccccc2)CC1. The fourth-order valence-electron chi connectivity index (χ4n) is 3.45. The smallest absolute Gasteiger partial charge is 0.240 e. The molecule has 0 aromatic heterocycles. The Labute approximate surface area is 179 Å². The molecule has 8 heteroatoms. The van der Waals surface area contributed by atoms with Crippen LogP contribution in [0.2, 0.25) is 0 Å². The molecule has 3 rings (SSSR count). The summed E-state index contributed by atoms with van der Waals surface area (Å²) in [7, 11) is -1.73. The minimum absolute atomic E-state index is 0.284. The summed E-state index contributed by atoms with van der Waals surface area (Å²) in [5.74, 6) is 0.809. The van der Waals surface area contributed by atoms with E-state index in [4.69, 9.17) is 0 Å². The number of benzene rings is 2. The lowest BCUT2D eigenvalue weighted by Crippen LogP contribution is -2.52. The average molecular weight is 430 g/mol. The van der Waals surface area contributed by atoms with Crippen molar-refractivity contribution in [2.45, 2.75) is 18.4 Å². The molecule has 0 bridgehead atoms. The maximum Gasteiger partial charge on any atom is 0.240 e. The van der Waals surface area contributed by atoms with Gasteiger partial charge in [-0.3, -0.25) is 9.89 Å². The molecule has 1 aliphatic heterocycles. The number of rotatable bonds is 7. The van der Waals surface area contributed by atoms with Crippen LogP contribution in [0.4, 0.5) is 0 Å². The standard InChI is InChI=1S/C22H31N5O2S/c1-19-8-10-21(11-9-19)30(28,29)25-13-12-24-22(23-2)27-16-14-26(15-17-27)18-20-6-4-3-5-7-20/h3-11,25H,12-18H2,1-2H3,(H,23,24). The van der Waals surface area contributed by atoms with E-state index in [0.717, 1.165) is 44.2 Å². The molecule has 0 atom stereocenters. The minimum atomic E-state index is -3.49. The number of nitrogens with zero attached hydrogens (tertiary/aromatic N) is 3. The third kappa shape index (κ3) is 6.29. The van der Waals surface area contributed by atoms with Crippen molar-refractivity contribution in [3.63, 3.8) is 0 Å². The Morgan fingerprint density at radius 3 is 2.27 bits per heavy atom. The van der Waals surface area contributed by atoms with Crippen LogP contribution in [0, 0.1) is 6.92 Å². The van der Waals surface area contributed by atoms with Crippen LogP contribution in [0.15, 0.2) is 64.5 Å². The van der Waals surface area contributed by atoms with Crippen LogP contribution in [-0.4, -0.2) is 70.5 Å². The molecule has 1 aliphatic rings. The zero-order chi connectivity index (χ0) is 21.4. The predicted molar refractivity (Wildman–Crippen MR) is 121 cm³/mol. The Morgan fingerprint density at radius 1 is 0.967 bits per heavy atom. The maximum atomic E-state index is 12.4. The van der Waals surface area contributed by atoms with Crippen LogP contribution in [0.5, 0.6) is 0 Å². The van der Waals surface area contributed by atoms with E-state index in [-0.39, 0.29) is 4.90 Å². The second-order valence-corrected chi connectivity index (χ2v) is 9.20. The topological polar surface area (TPSA) is 77.0 Å². The molecule has 0 spiro atoms. The van der Waals surface area contributed by atoms with E-state index >= 15 is 0 Å². The first-order chi connectivity index (χ1) is 14.5. The average Bonchev–Trinajstić information content (AvgIpc) is 2.76. The van der Waals surface area contributed by atoms with Gasteiger partial charge in [0.15, 0.2) is 5.96 Å². The highest BCUT2D eigenvalue weighted by Crippen LogP contribution is 2.10. The van der Waals surface area contributed by atoms with Crippen molar-refractivity contribution in [2.24, 2.45) is 4.99 Å². The summed E-state index contributed by atoms with van der Waals surface area (Å²) in [6, 6.07) is 17.3. The lowest BCUT2D eigenvalue weighted by Gasteiger charge is -2.36. The Bertz CT molecular complexity index is 922. The van der Waals surface area contributed by atoms with Gasteiger partial charge in [0.05, 0.1) is 4.90 Å². The van der Waals surface area contributed by atoms with E-state index in [2.05, 4.69) is 49.1 Å². The molecule has 0 unspecified atom stereocenters. The fourth-order valence-corrected chi connectivity index (χ4v) is 4.48. The lowest BCUT2D eigenvalue weighted by atomic mass is 10.2. The van der Waals surface area contributed by atoms with Gasteiger partial charge in [-0.25, -0.2) is 13.1 Å². The number of hydrogen-bond donors (Lipinski definition) is 2. The highest BCUT2D eigenvalue weighted by atomic mass is 32.2. The summed E-state index contributed by atoms with van der Waals surface area (Å²) in [5, 5.41) is 3.27. The summed E-state index contributed by atoms with van der Waals surface area (Å²) in [4.78, 5) is 9.30. The largest absolute Gasteiger partial charge is 0.355 e. The third-order valence-corrected chi connectivity index (χ3v) is 6.64. The van der Waals surface area contributed by atoms with Crippen molar-refractivity contribution < 1.29 is 8.42 Å². The minimum Gasteiger partial charge on any atom is -0.355 e. The molecular weight excluding hydrogens is 398 g/mol. The zero-order valence-electron chi connectivity index (χ0n) is 17.7. The van der Waals surface area contributed by atoms with E-state index < -0.39 is 10.0 Å². The van der Waals surface area contributed by atoms with Gasteiger partial charge in [0.25, 0.3) is 0 Å². The van der Waals surface area contributed by atoms with Gasteiger partial charge in [0.2, 0.25) is 10.0 Å². The van der Waals surface area contributed by atoms with Crippen molar-refractivity contribution in [1.29, 1.82) is 0 Å². The van der Waals surface area contributed by atoms with E-state index in [1.807, 2.05) is 13.0 Å². The van der Waals surface area contributed by atoms with Gasteiger partial charge in [0.1, 0.15) is 0 Å². The molecule has 30 heavy (non-hydrogen) atoms. The van der Waals surface area contributed by atoms with Crippen LogP contribution in [0.25, 0.3) is 0 Å². The molecular formula is C22H31N5O2S. The zero-order valence-corrected chi connectivity index (χ0v) is 18.5. The number of nitrogens with one attached hydrogen (secondary N) is 2. The van der Waals surface area contributed by atoms with Gasteiger partial charge >= 0.3 is 0 Å². The Hall–Kier alpha value is -2.42. The number of guanidine groups is 1. The van der Waals surface area contributed by atoms with Gasteiger partial charge < -0.3 is 10.2 Å². The van der Waals surface area contributed by atoms with Crippen molar-refractivity contribution in [2.75, 3.05) is 46.3 Å². The Morgan fingerprint density at radius 2 is 1.63 bits per heavy atom. The number of hydrogen-bond acceptors (Lipinski definition) is 4. The highest BCUT2D eigenvalue weighted by Gasteiger charge is 2.19. The lowest BCUT2D eigenvalue weighted by molar-refractivity contribution is 0.172. The van der Waals surface area contributed by atoms with Gasteiger partial charge in [-0.1, -0.05) is 48.0 Å². The van der Waals surface area contributed by atoms with Crippen LogP contribution in [-0.2, 0) is 16.6 Å². The molecule has 0 aliphatic carbocycles. The van der Waals surface area contributed by atoms with Crippen molar-refractivity contribution in [3.05, 3.63) is 65.7 Å². The Kier molecular flexibility index (Phi) is 7.84. The molecule has 2 N–H and O–H groups in total. The molecule has 0 saturated carbocycles. The van der Waals surface area contributed by atoms with E-state index in [1.54, 1.807) is 31.3 Å². The normalized spacial score (nSPS) is 15.9. The molecule has 1 saturated heterocycles.